The van der Waals surface area contributed by atoms with Crippen molar-refractivity contribution in [2.24, 2.45) is 17.8 Å². The molecule has 2 aromatic heterocycles. The predicted octanol–water partition coefficient (Wildman–Crippen LogP) is 1.98. The Hall–Kier alpha value is -4.39. The molecule has 14 heteroatoms. The summed E-state index contributed by atoms with van der Waals surface area (Å²) in [5.41, 5.74) is 4.52. The van der Waals surface area contributed by atoms with E-state index in [4.69, 9.17) is 22.7 Å². The summed E-state index contributed by atoms with van der Waals surface area (Å²) in [6.07, 6.45) is 2.39. The first-order valence-corrected chi connectivity index (χ1v) is 10.4. The van der Waals surface area contributed by atoms with Crippen LogP contribution in [-0.2, 0) is 20.1 Å². The normalized spacial score (nSPS) is 11.7. The van der Waals surface area contributed by atoms with Crippen LogP contribution in [0.4, 0.5) is 20.4 Å². The number of benzene rings is 2. The zero-order valence-electron chi connectivity index (χ0n) is 18.2. The Morgan fingerprint density at radius 2 is 2.03 bits per heavy atom. The van der Waals surface area contributed by atoms with E-state index in [-0.39, 0.29) is 22.4 Å². The Morgan fingerprint density at radius 1 is 1.26 bits per heavy atom. The van der Waals surface area contributed by atoms with Gasteiger partial charge in [-0.1, -0.05) is 11.6 Å². The molecule has 0 fully saturated rings. The van der Waals surface area contributed by atoms with Crippen LogP contribution in [0, 0.1) is 17.0 Å². The average Bonchev–Trinajstić information content (AvgIpc) is 3.15. The summed E-state index contributed by atoms with van der Waals surface area (Å²) >= 11 is 6.36. The molecule has 4 rings (SSSR count). The first kappa shape index (κ1) is 23.8. The predicted molar refractivity (Wildman–Crippen MR) is 128 cm³/mol. The van der Waals surface area contributed by atoms with Gasteiger partial charge in [-0.15, -0.1) is 0 Å². The van der Waals surface area contributed by atoms with E-state index in [2.05, 4.69) is 20.4 Å². The van der Waals surface area contributed by atoms with Gasteiger partial charge in [0, 0.05) is 24.2 Å². The number of rotatable bonds is 7. The summed E-state index contributed by atoms with van der Waals surface area (Å²) in [5, 5.41) is 15.0. The first-order chi connectivity index (χ1) is 16.7. The second-order valence-corrected chi connectivity index (χ2v) is 7.88. The van der Waals surface area contributed by atoms with Gasteiger partial charge in [-0.05, 0) is 30.3 Å². The van der Waals surface area contributed by atoms with Crippen LogP contribution in [0.15, 0.2) is 51.1 Å². The minimum absolute atomic E-state index is 0.155. The molecule has 2 heterocycles. The molecule has 4 N–H and O–H groups in total. The van der Waals surface area contributed by atoms with Gasteiger partial charge < -0.3 is 11.1 Å². The minimum atomic E-state index is -0.977. The fourth-order valence-corrected chi connectivity index (χ4v) is 3.61. The highest BCUT2D eigenvalue weighted by Gasteiger charge is 2.18. The zero-order valence-corrected chi connectivity index (χ0v) is 18.9. The van der Waals surface area contributed by atoms with Crippen LogP contribution in [0.1, 0.15) is 5.56 Å². The van der Waals surface area contributed by atoms with E-state index < -0.39 is 36.1 Å². The lowest BCUT2D eigenvalue weighted by Crippen LogP contribution is -2.45. The van der Waals surface area contributed by atoms with E-state index in [0.717, 1.165) is 22.8 Å². The van der Waals surface area contributed by atoms with Crippen molar-refractivity contribution < 1.29 is 8.78 Å². The summed E-state index contributed by atoms with van der Waals surface area (Å²) in [4.78, 5) is 33.4. The number of aromatic nitrogens is 5. The van der Waals surface area contributed by atoms with E-state index in [9.17, 15) is 18.4 Å². The standard InChI is InChI=1S/C21H18ClF2N9O2/c1-31-7-12-5-17(14(22)6-16(12)30-31)28-19-29-20(34)33(9-18(26)27-10-25)21(35)32(19)8-11-4-13(23)2-3-15(11)24/h2-7,10H,8-9H2,1H3,(H3,25,26,27)(H,28,29,34). The van der Waals surface area contributed by atoms with E-state index in [1.807, 2.05) is 0 Å². The van der Waals surface area contributed by atoms with Crippen molar-refractivity contribution >= 4 is 46.3 Å². The van der Waals surface area contributed by atoms with Crippen LogP contribution in [-0.4, -0.2) is 36.1 Å². The van der Waals surface area contributed by atoms with Crippen LogP contribution in [0.3, 0.4) is 0 Å². The number of hydrogen-bond donors (Lipinski definition) is 3. The van der Waals surface area contributed by atoms with Crippen molar-refractivity contribution in [1.82, 2.24) is 23.9 Å². The molecular formula is C21H18ClF2N9O2. The number of nitrogens with one attached hydrogen (secondary N) is 2. The summed E-state index contributed by atoms with van der Waals surface area (Å²) in [7, 11) is 1.74. The maximum atomic E-state index is 14.4. The highest BCUT2D eigenvalue weighted by molar-refractivity contribution is 6.34. The van der Waals surface area contributed by atoms with Gasteiger partial charge in [0.2, 0.25) is 5.95 Å². The molecule has 0 bridgehead atoms. The molecule has 35 heavy (non-hydrogen) atoms. The Balaban J connectivity index is 1.87. The monoisotopic (exact) mass is 501 g/mol. The van der Waals surface area contributed by atoms with Crippen molar-refractivity contribution in [1.29, 1.82) is 5.41 Å². The largest absolute Gasteiger partial charge is 0.386 e. The molecule has 0 saturated heterocycles. The molecule has 0 aliphatic heterocycles. The highest BCUT2D eigenvalue weighted by atomic mass is 35.5. The van der Waals surface area contributed by atoms with Crippen molar-refractivity contribution in [2.75, 3.05) is 5.32 Å². The van der Waals surface area contributed by atoms with E-state index in [1.54, 1.807) is 30.1 Å². The van der Waals surface area contributed by atoms with Gasteiger partial charge in [0.15, 0.2) is 0 Å². The third kappa shape index (κ3) is 4.94. The number of halogens is 3. The molecule has 0 saturated carbocycles. The van der Waals surface area contributed by atoms with Crippen LogP contribution in [0.2, 0.25) is 5.02 Å². The molecule has 180 valence electrons. The molecule has 0 amide bonds. The van der Waals surface area contributed by atoms with Crippen molar-refractivity contribution in [3.8, 4) is 0 Å². The molecule has 2 aromatic carbocycles. The fraction of sp³-hybridized carbons (Fsp3) is 0.143. The molecule has 0 spiro atoms. The second kappa shape index (κ2) is 9.46. The van der Waals surface area contributed by atoms with Gasteiger partial charge >= 0.3 is 11.4 Å². The van der Waals surface area contributed by atoms with Crippen LogP contribution >= 0.6 is 11.6 Å². The number of nitrogens with two attached hydrogens (primary N) is 1. The van der Waals surface area contributed by atoms with Gasteiger partial charge in [0.25, 0.3) is 0 Å². The second-order valence-electron chi connectivity index (χ2n) is 7.48. The van der Waals surface area contributed by atoms with E-state index in [1.165, 1.54) is 0 Å². The van der Waals surface area contributed by atoms with Crippen LogP contribution in [0.25, 0.3) is 10.9 Å². The van der Waals surface area contributed by atoms with E-state index in [0.29, 0.717) is 27.5 Å². The van der Waals surface area contributed by atoms with Crippen molar-refractivity contribution in [2.45, 2.75) is 13.1 Å². The topological polar surface area (TPSA) is 149 Å². The molecular weight excluding hydrogens is 484 g/mol. The number of aryl methyl sites for hydroxylation is 1. The highest BCUT2D eigenvalue weighted by Crippen LogP contribution is 2.29. The van der Waals surface area contributed by atoms with E-state index >= 15 is 0 Å². The SMILES string of the molecule is Cn1cc2cc(Nc3nc(=O)n(CC(N)=NC=N)c(=O)n3Cc3cc(F)ccc3F)c(Cl)cc2n1. The average molecular weight is 502 g/mol. The fourth-order valence-electron chi connectivity index (χ4n) is 3.41. The number of nitrogens with zero attached hydrogens (tertiary/aromatic N) is 6. The molecule has 0 aliphatic rings. The van der Waals surface area contributed by atoms with Gasteiger partial charge in [0.05, 0.1) is 29.3 Å². The Kier molecular flexibility index (Phi) is 6.42. The maximum absolute atomic E-state index is 14.4. The number of hydrogen-bond acceptors (Lipinski definition) is 6. The number of amidine groups is 1. The third-order valence-corrected chi connectivity index (χ3v) is 5.30. The summed E-state index contributed by atoms with van der Waals surface area (Å²) < 4.78 is 31.4. The molecule has 0 atom stereocenters. The molecule has 11 nitrogen and oxygen atoms in total. The van der Waals surface area contributed by atoms with Gasteiger partial charge in [0.1, 0.15) is 23.8 Å². The maximum Gasteiger partial charge on any atom is 0.355 e. The minimum Gasteiger partial charge on any atom is -0.386 e. The number of fused-ring (bicyclic) bond motifs is 1. The number of aliphatic imine (C=N–C) groups is 1. The van der Waals surface area contributed by atoms with Gasteiger partial charge in [-0.25, -0.2) is 27.9 Å². The lowest BCUT2D eigenvalue weighted by atomic mass is 10.2. The lowest BCUT2D eigenvalue weighted by Gasteiger charge is -2.16. The molecule has 0 unspecified atom stereocenters. The lowest BCUT2D eigenvalue weighted by molar-refractivity contribution is 0.557. The van der Waals surface area contributed by atoms with Crippen LogP contribution in [0.5, 0.6) is 0 Å². The smallest absolute Gasteiger partial charge is 0.355 e. The van der Waals surface area contributed by atoms with Crippen molar-refractivity contribution in [3.63, 3.8) is 0 Å². The molecule has 0 radical (unpaired) electrons. The summed E-state index contributed by atoms with van der Waals surface area (Å²) in [5.74, 6) is -1.93. The van der Waals surface area contributed by atoms with Crippen LogP contribution < -0.4 is 22.4 Å². The zero-order chi connectivity index (χ0) is 25.3. The molecule has 4 aromatic rings. The Morgan fingerprint density at radius 3 is 2.77 bits per heavy atom. The Labute approximate surface area is 200 Å². The van der Waals surface area contributed by atoms with Crippen molar-refractivity contribution in [3.05, 3.63) is 79.7 Å². The Bertz CT molecular complexity index is 1610. The summed E-state index contributed by atoms with van der Waals surface area (Å²) in [6, 6.07) is 6.03. The van der Waals surface area contributed by atoms with Gasteiger partial charge in [-0.3, -0.25) is 14.7 Å². The van der Waals surface area contributed by atoms with Gasteiger partial charge in [-0.2, -0.15) is 10.1 Å². The first-order valence-electron chi connectivity index (χ1n) is 10.0. The third-order valence-electron chi connectivity index (χ3n) is 4.99. The number of anilines is 2. The quantitative estimate of drug-likeness (QED) is 0.260. The molecule has 0 aliphatic carbocycles. The summed E-state index contributed by atoms with van der Waals surface area (Å²) in [6.45, 7) is -0.930.